The number of ether oxygens (including phenoxy) is 1. The summed E-state index contributed by atoms with van der Waals surface area (Å²) in [6.07, 6.45) is 3.37. The smallest absolute Gasteiger partial charge is 0.329 e. The Morgan fingerprint density at radius 1 is 1.53 bits per heavy atom. The van der Waals surface area contributed by atoms with Gasteiger partial charge in [-0.05, 0) is 34.6 Å². The molecule has 1 atom stereocenters. The Hall–Kier alpha value is -1.32. The van der Waals surface area contributed by atoms with Crippen molar-refractivity contribution in [2.75, 3.05) is 0 Å². The lowest BCUT2D eigenvalue weighted by Gasteiger charge is -2.23. The van der Waals surface area contributed by atoms with Crippen LogP contribution in [0.4, 0.5) is 0 Å². The first-order valence-corrected chi connectivity index (χ1v) is 5.02. The van der Waals surface area contributed by atoms with Crippen LogP contribution in [0.5, 0.6) is 0 Å². The zero-order valence-corrected chi connectivity index (χ0v) is 9.94. The molecule has 0 N–H and O–H groups in total. The molecular weight excluding hydrogens is 192 g/mol. The predicted octanol–water partition coefficient (Wildman–Crippen LogP) is 2.09. The van der Waals surface area contributed by atoms with E-state index in [4.69, 9.17) is 4.74 Å². The first kappa shape index (κ1) is 11.8. The number of esters is 1. The van der Waals surface area contributed by atoms with Gasteiger partial charge < -0.3 is 9.30 Å². The maximum atomic E-state index is 11.7. The van der Waals surface area contributed by atoms with E-state index in [1.165, 1.54) is 0 Å². The molecule has 0 unspecified atom stereocenters. The van der Waals surface area contributed by atoms with E-state index in [0.717, 1.165) is 5.69 Å². The van der Waals surface area contributed by atoms with E-state index in [-0.39, 0.29) is 12.0 Å². The van der Waals surface area contributed by atoms with Gasteiger partial charge in [0.1, 0.15) is 11.6 Å². The highest BCUT2D eigenvalue weighted by atomic mass is 16.6. The fourth-order valence-electron chi connectivity index (χ4n) is 1.28. The van der Waals surface area contributed by atoms with Gasteiger partial charge in [0.05, 0.1) is 6.33 Å². The molecular formula is C11H18N2O2. The van der Waals surface area contributed by atoms with E-state index >= 15 is 0 Å². The van der Waals surface area contributed by atoms with Crippen molar-refractivity contribution in [1.29, 1.82) is 0 Å². The minimum Gasteiger partial charge on any atom is -0.458 e. The highest BCUT2D eigenvalue weighted by molar-refractivity contribution is 5.74. The Morgan fingerprint density at radius 2 is 2.13 bits per heavy atom. The fraction of sp³-hybridized carbons (Fsp3) is 0.636. The molecule has 0 fully saturated rings. The van der Waals surface area contributed by atoms with E-state index in [9.17, 15) is 4.79 Å². The molecule has 0 aliphatic carbocycles. The van der Waals surface area contributed by atoms with Crippen molar-refractivity contribution in [3.05, 3.63) is 18.2 Å². The first-order chi connectivity index (χ1) is 6.81. The number of hydrogen-bond acceptors (Lipinski definition) is 3. The summed E-state index contributed by atoms with van der Waals surface area (Å²) in [6.45, 7) is 9.30. The van der Waals surface area contributed by atoms with Crippen molar-refractivity contribution < 1.29 is 9.53 Å². The van der Waals surface area contributed by atoms with E-state index in [1.54, 1.807) is 17.1 Å². The molecule has 1 aromatic heterocycles. The molecule has 0 aliphatic rings. The normalized spacial score (nSPS) is 13.7. The first-order valence-electron chi connectivity index (χ1n) is 5.02. The summed E-state index contributed by atoms with van der Waals surface area (Å²) in [5, 5.41) is 0. The van der Waals surface area contributed by atoms with Gasteiger partial charge in [0, 0.05) is 11.9 Å². The van der Waals surface area contributed by atoms with Crippen molar-refractivity contribution >= 4 is 5.97 Å². The number of aromatic nitrogens is 2. The van der Waals surface area contributed by atoms with Gasteiger partial charge in [-0.3, -0.25) is 0 Å². The number of rotatable bonds is 2. The van der Waals surface area contributed by atoms with Crippen LogP contribution in [-0.2, 0) is 9.53 Å². The molecule has 0 saturated heterocycles. The van der Waals surface area contributed by atoms with Crippen molar-refractivity contribution in [3.63, 3.8) is 0 Å². The van der Waals surface area contributed by atoms with Crippen LogP contribution in [0.1, 0.15) is 39.4 Å². The topological polar surface area (TPSA) is 44.1 Å². The summed E-state index contributed by atoms with van der Waals surface area (Å²) in [4.78, 5) is 15.7. The highest BCUT2D eigenvalue weighted by Crippen LogP contribution is 2.15. The van der Waals surface area contributed by atoms with E-state index in [2.05, 4.69) is 4.98 Å². The zero-order valence-electron chi connectivity index (χ0n) is 9.94. The number of aryl methyl sites for hydroxylation is 1. The fourth-order valence-corrected chi connectivity index (χ4v) is 1.28. The van der Waals surface area contributed by atoms with Gasteiger partial charge >= 0.3 is 5.97 Å². The molecule has 0 bridgehead atoms. The summed E-state index contributed by atoms with van der Waals surface area (Å²) in [6, 6.07) is -0.327. The molecule has 84 valence electrons. The van der Waals surface area contributed by atoms with E-state index in [1.807, 2.05) is 34.6 Å². The van der Waals surface area contributed by atoms with Crippen LogP contribution >= 0.6 is 0 Å². The minimum absolute atomic E-state index is 0.233. The molecule has 4 heteroatoms. The Balaban J connectivity index is 2.74. The van der Waals surface area contributed by atoms with Crippen molar-refractivity contribution in [2.45, 2.75) is 46.3 Å². The molecule has 0 aromatic carbocycles. The molecule has 0 saturated carbocycles. The SMILES string of the molecule is Cc1cncn1[C@H](C)C(=O)OC(C)(C)C. The minimum atomic E-state index is -0.445. The number of hydrogen-bond donors (Lipinski definition) is 0. The molecule has 0 amide bonds. The number of carbonyl (C=O) groups is 1. The van der Waals surface area contributed by atoms with Gasteiger partial charge in [0.2, 0.25) is 0 Å². The van der Waals surface area contributed by atoms with Crippen molar-refractivity contribution in [1.82, 2.24) is 9.55 Å². The maximum absolute atomic E-state index is 11.7. The molecule has 15 heavy (non-hydrogen) atoms. The van der Waals surface area contributed by atoms with Gasteiger partial charge in [-0.15, -0.1) is 0 Å². The largest absolute Gasteiger partial charge is 0.458 e. The molecule has 0 spiro atoms. The lowest BCUT2D eigenvalue weighted by Crippen LogP contribution is -2.29. The Bertz CT molecular complexity index is 350. The molecule has 0 aliphatic heterocycles. The third-order valence-corrected chi connectivity index (χ3v) is 2.02. The lowest BCUT2D eigenvalue weighted by molar-refractivity contribution is -0.158. The average Bonchev–Trinajstić information content (AvgIpc) is 2.47. The van der Waals surface area contributed by atoms with E-state index in [0.29, 0.717) is 0 Å². The van der Waals surface area contributed by atoms with Crippen LogP contribution in [0.3, 0.4) is 0 Å². The number of imidazole rings is 1. The van der Waals surface area contributed by atoms with Crippen LogP contribution in [0.15, 0.2) is 12.5 Å². The molecule has 4 nitrogen and oxygen atoms in total. The van der Waals surface area contributed by atoms with Gasteiger partial charge in [0.25, 0.3) is 0 Å². The summed E-state index contributed by atoms with van der Waals surface area (Å²) in [5.41, 5.74) is 0.508. The second-order valence-electron chi connectivity index (χ2n) is 4.65. The molecule has 1 aromatic rings. The molecule has 0 radical (unpaired) electrons. The van der Waals surface area contributed by atoms with Crippen molar-refractivity contribution in [3.8, 4) is 0 Å². The maximum Gasteiger partial charge on any atom is 0.329 e. The van der Waals surface area contributed by atoms with Crippen molar-refractivity contribution in [2.24, 2.45) is 0 Å². The average molecular weight is 210 g/mol. The third kappa shape index (κ3) is 3.08. The van der Waals surface area contributed by atoms with Crippen LogP contribution in [0, 0.1) is 6.92 Å². The summed E-state index contributed by atoms with van der Waals surface area (Å²) in [7, 11) is 0. The predicted molar refractivity (Wildman–Crippen MR) is 57.5 cm³/mol. The van der Waals surface area contributed by atoms with Gasteiger partial charge in [-0.2, -0.15) is 0 Å². The van der Waals surface area contributed by atoms with Crippen LogP contribution in [0.2, 0.25) is 0 Å². The van der Waals surface area contributed by atoms with Crippen LogP contribution in [-0.4, -0.2) is 21.1 Å². The molecule has 1 rings (SSSR count). The summed E-state index contributed by atoms with van der Waals surface area (Å²) < 4.78 is 7.09. The molecule has 1 heterocycles. The summed E-state index contributed by atoms with van der Waals surface area (Å²) >= 11 is 0. The Morgan fingerprint density at radius 3 is 2.53 bits per heavy atom. The second-order valence-corrected chi connectivity index (χ2v) is 4.65. The third-order valence-electron chi connectivity index (χ3n) is 2.02. The lowest BCUT2D eigenvalue weighted by atomic mass is 10.2. The quantitative estimate of drug-likeness (QED) is 0.702. The Labute approximate surface area is 90.3 Å². The van der Waals surface area contributed by atoms with Gasteiger partial charge in [-0.25, -0.2) is 9.78 Å². The highest BCUT2D eigenvalue weighted by Gasteiger charge is 2.23. The standard InChI is InChI=1S/C11H18N2O2/c1-8-6-12-7-13(8)9(2)10(14)15-11(3,4)5/h6-7,9H,1-5H3/t9-/m1/s1. The van der Waals surface area contributed by atoms with Crippen LogP contribution < -0.4 is 0 Å². The summed E-state index contributed by atoms with van der Waals surface area (Å²) in [5.74, 6) is -0.233. The second kappa shape index (κ2) is 4.04. The Kier molecular flexibility index (Phi) is 3.17. The monoisotopic (exact) mass is 210 g/mol. The van der Waals surface area contributed by atoms with Crippen LogP contribution in [0.25, 0.3) is 0 Å². The van der Waals surface area contributed by atoms with E-state index < -0.39 is 5.60 Å². The number of nitrogens with zero attached hydrogens (tertiary/aromatic N) is 2. The number of carbonyl (C=O) groups excluding carboxylic acids is 1. The van der Waals surface area contributed by atoms with Gasteiger partial charge in [-0.1, -0.05) is 0 Å². The zero-order chi connectivity index (χ0) is 11.6. The van der Waals surface area contributed by atoms with Gasteiger partial charge in [0.15, 0.2) is 0 Å².